The molecule has 1 aliphatic rings. The van der Waals surface area contributed by atoms with E-state index in [1.807, 2.05) is 0 Å². The van der Waals surface area contributed by atoms with Gasteiger partial charge in [-0.05, 0) is 37.5 Å². The zero-order chi connectivity index (χ0) is 23.1. The molecule has 0 amide bonds. The lowest BCUT2D eigenvalue weighted by atomic mass is 10.1. The quantitative estimate of drug-likeness (QED) is 0.471. The summed E-state index contributed by atoms with van der Waals surface area (Å²) in [5.41, 5.74) is 0.557. The molecular formula is C20H21FN4O4S3. The number of sulfone groups is 1. The molecule has 0 aliphatic heterocycles. The molecule has 1 aliphatic carbocycles. The molecule has 1 saturated carbocycles. The lowest BCUT2D eigenvalue weighted by Crippen LogP contribution is -2.17. The summed E-state index contributed by atoms with van der Waals surface area (Å²) < 4.78 is 65.9. The largest absolute Gasteiger partial charge is 0.281 e. The maximum Gasteiger partial charge on any atom is 0.247 e. The zero-order valence-electron chi connectivity index (χ0n) is 17.4. The van der Waals surface area contributed by atoms with Gasteiger partial charge in [0.1, 0.15) is 0 Å². The van der Waals surface area contributed by atoms with Crippen molar-refractivity contribution in [2.75, 3.05) is 16.7 Å². The van der Waals surface area contributed by atoms with Crippen molar-refractivity contribution in [3.63, 3.8) is 0 Å². The van der Waals surface area contributed by atoms with Gasteiger partial charge in [-0.15, -0.1) is 11.3 Å². The maximum atomic E-state index is 15.4. The first-order valence-corrected chi connectivity index (χ1v) is 14.3. The summed E-state index contributed by atoms with van der Waals surface area (Å²) in [4.78, 5) is 13.1. The van der Waals surface area contributed by atoms with E-state index in [0.717, 1.165) is 24.1 Å². The Morgan fingerprint density at radius 2 is 1.91 bits per heavy atom. The topological polar surface area (TPSA) is 119 Å². The van der Waals surface area contributed by atoms with Crippen LogP contribution < -0.4 is 4.72 Å². The molecule has 12 heteroatoms. The highest BCUT2D eigenvalue weighted by Crippen LogP contribution is 2.47. The second-order valence-electron chi connectivity index (χ2n) is 7.59. The highest BCUT2D eigenvalue weighted by molar-refractivity contribution is 7.92. The van der Waals surface area contributed by atoms with Gasteiger partial charge < -0.3 is 0 Å². The fourth-order valence-electron chi connectivity index (χ4n) is 3.12. The molecule has 2 aromatic heterocycles. The molecule has 2 heterocycles. The standard InChI is InChI=1S/C20H21FN4O4S3/c1-3-11-32(28,29)25-14-6-4-5-13(16(14)21)17-18(30-19(24-17)12-7-8-12)15-9-10-22-20(23-15)31(2,26)27/h4-6,9-10,12,25H,3,7-8,11H2,1-2H3. The Labute approximate surface area is 189 Å². The highest BCUT2D eigenvalue weighted by atomic mass is 32.2. The van der Waals surface area contributed by atoms with E-state index in [-0.39, 0.29) is 28.1 Å². The number of rotatable bonds is 8. The minimum atomic E-state index is -3.68. The number of nitrogens with one attached hydrogen (secondary N) is 1. The van der Waals surface area contributed by atoms with Crippen LogP contribution in [0.3, 0.4) is 0 Å². The third-order valence-corrected chi connectivity index (χ3v) is 8.34. The molecule has 32 heavy (non-hydrogen) atoms. The number of nitrogens with zero attached hydrogens (tertiary/aromatic N) is 3. The van der Waals surface area contributed by atoms with Crippen LogP contribution in [0.2, 0.25) is 0 Å². The summed E-state index contributed by atoms with van der Waals surface area (Å²) in [6, 6.07) is 5.96. The van der Waals surface area contributed by atoms with E-state index in [2.05, 4.69) is 19.7 Å². The SMILES string of the molecule is CCCS(=O)(=O)Nc1cccc(-c2nc(C3CC3)sc2-c2ccnc(S(C)(=O)=O)n2)c1F. The van der Waals surface area contributed by atoms with Crippen LogP contribution in [-0.4, -0.2) is 43.8 Å². The monoisotopic (exact) mass is 496 g/mol. The summed E-state index contributed by atoms with van der Waals surface area (Å²) in [7, 11) is -7.32. The second-order valence-corrected chi connectivity index (χ2v) is 12.4. The Bertz CT molecular complexity index is 1380. The zero-order valence-corrected chi connectivity index (χ0v) is 19.8. The van der Waals surface area contributed by atoms with Crippen molar-refractivity contribution in [3.05, 3.63) is 41.3 Å². The van der Waals surface area contributed by atoms with Gasteiger partial charge in [0.15, 0.2) is 5.82 Å². The van der Waals surface area contributed by atoms with E-state index in [1.165, 1.54) is 29.7 Å². The van der Waals surface area contributed by atoms with E-state index >= 15 is 4.39 Å². The summed E-state index contributed by atoms with van der Waals surface area (Å²) in [6.07, 6.45) is 4.70. The van der Waals surface area contributed by atoms with Crippen molar-refractivity contribution in [1.29, 1.82) is 0 Å². The average molecular weight is 497 g/mol. The van der Waals surface area contributed by atoms with Gasteiger partial charge in [-0.1, -0.05) is 13.0 Å². The van der Waals surface area contributed by atoms with E-state index in [9.17, 15) is 16.8 Å². The lowest BCUT2D eigenvalue weighted by molar-refractivity contribution is 0.592. The molecule has 0 saturated heterocycles. The Morgan fingerprint density at radius 3 is 2.56 bits per heavy atom. The maximum absolute atomic E-state index is 15.4. The minimum absolute atomic E-state index is 0.111. The fourth-order valence-corrected chi connectivity index (χ4v) is 5.99. The normalized spacial score (nSPS) is 14.5. The van der Waals surface area contributed by atoms with Crippen LogP contribution in [0.25, 0.3) is 21.8 Å². The molecule has 1 N–H and O–H groups in total. The Morgan fingerprint density at radius 1 is 1.16 bits per heavy atom. The molecule has 0 radical (unpaired) electrons. The molecule has 0 atom stereocenters. The van der Waals surface area contributed by atoms with Crippen LogP contribution in [0.5, 0.6) is 0 Å². The van der Waals surface area contributed by atoms with Crippen LogP contribution in [0.15, 0.2) is 35.6 Å². The Balaban J connectivity index is 1.84. The number of halogens is 1. The molecule has 8 nitrogen and oxygen atoms in total. The van der Waals surface area contributed by atoms with Gasteiger partial charge in [0.05, 0.1) is 32.7 Å². The number of hydrogen-bond acceptors (Lipinski definition) is 8. The molecular weight excluding hydrogens is 475 g/mol. The highest BCUT2D eigenvalue weighted by Gasteiger charge is 2.30. The molecule has 1 aromatic carbocycles. The van der Waals surface area contributed by atoms with Crippen LogP contribution in [0, 0.1) is 5.82 Å². The number of thiazole rings is 1. The lowest BCUT2D eigenvalue weighted by Gasteiger charge is -2.11. The van der Waals surface area contributed by atoms with Crippen molar-refractivity contribution in [2.45, 2.75) is 37.3 Å². The molecule has 0 unspecified atom stereocenters. The molecule has 1 fully saturated rings. The van der Waals surface area contributed by atoms with E-state index in [0.29, 0.717) is 22.7 Å². The van der Waals surface area contributed by atoms with Gasteiger partial charge >= 0.3 is 0 Å². The fraction of sp³-hybridized carbons (Fsp3) is 0.350. The van der Waals surface area contributed by atoms with Gasteiger partial charge in [0.2, 0.25) is 25.0 Å². The summed E-state index contributed by atoms with van der Waals surface area (Å²) in [5.74, 6) is -0.601. The van der Waals surface area contributed by atoms with Crippen molar-refractivity contribution in [1.82, 2.24) is 15.0 Å². The van der Waals surface area contributed by atoms with Gasteiger partial charge in [-0.25, -0.2) is 36.2 Å². The number of aromatic nitrogens is 3. The molecule has 0 spiro atoms. The Kier molecular flexibility index (Phi) is 6.03. The first kappa shape index (κ1) is 22.7. The van der Waals surface area contributed by atoms with Crippen molar-refractivity contribution in [3.8, 4) is 21.8 Å². The number of sulfonamides is 1. The van der Waals surface area contributed by atoms with Gasteiger partial charge in [-0.2, -0.15) is 0 Å². The smallest absolute Gasteiger partial charge is 0.247 e. The van der Waals surface area contributed by atoms with E-state index < -0.39 is 25.7 Å². The first-order valence-electron chi connectivity index (χ1n) is 9.92. The van der Waals surface area contributed by atoms with Gasteiger partial charge in [-0.3, -0.25) is 4.72 Å². The summed E-state index contributed by atoms with van der Waals surface area (Å²) in [5, 5.41) is 0.481. The van der Waals surface area contributed by atoms with E-state index in [4.69, 9.17) is 0 Å². The summed E-state index contributed by atoms with van der Waals surface area (Å²) >= 11 is 1.33. The third-order valence-electron chi connectivity index (χ3n) is 4.76. The van der Waals surface area contributed by atoms with Crippen LogP contribution >= 0.6 is 11.3 Å². The van der Waals surface area contributed by atoms with Gasteiger partial charge in [0.25, 0.3) is 0 Å². The van der Waals surface area contributed by atoms with Gasteiger partial charge in [0, 0.05) is 23.9 Å². The predicted octanol–water partition coefficient (Wildman–Crippen LogP) is 3.84. The van der Waals surface area contributed by atoms with E-state index in [1.54, 1.807) is 19.1 Å². The third kappa shape index (κ3) is 4.81. The van der Waals surface area contributed by atoms with Crippen molar-refractivity contribution < 1.29 is 21.2 Å². The molecule has 0 bridgehead atoms. The second kappa shape index (κ2) is 8.49. The van der Waals surface area contributed by atoms with Crippen LogP contribution in [-0.2, 0) is 19.9 Å². The van der Waals surface area contributed by atoms with Crippen molar-refractivity contribution in [2.24, 2.45) is 0 Å². The number of anilines is 1. The first-order chi connectivity index (χ1) is 15.1. The van der Waals surface area contributed by atoms with Crippen LogP contribution in [0.4, 0.5) is 10.1 Å². The molecule has 4 rings (SSSR count). The average Bonchev–Trinajstić information content (AvgIpc) is 3.48. The predicted molar refractivity (Wildman–Crippen MR) is 121 cm³/mol. The Hall–Kier alpha value is -2.44. The number of benzene rings is 1. The molecule has 170 valence electrons. The van der Waals surface area contributed by atoms with Crippen LogP contribution in [0.1, 0.15) is 37.1 Å². The van der Waals surface area contributed by atoms with Crippen molar-refractivity contribution >= 4 is 36.9 Å². The summed E-state index contributed by atoms with van der Waals surface area (Å²) in [6.45, 7) is 1.72. The number of hydrogen-bond donors (Lipinski definition) is 1. The molecule has 3 aromatic rings. The minimum Gasteiger partial charge on any atom is -0.281 e.